The second-order valence-electron chi connectivity index (χ2n) is 1.87. The normalized spacial score (nSPS) is 9.55. The molecule has 0 unspecified atom stereocenters. The van der Waals surface area contributed by atoms with Gasteiger partial charge in [0.15, 0.2) is 5.69 Å². The third-order valence-electron chi connectivity index (χ3n) is 1.15. The lowest BCUT2D eigenvalue weighted by Crippen LogP contribution is -2.00. The van der Waals surface area contributed by atoms with Crippen LogP contribution >= 0.6 is 0 Å². The molecule has 0 bridgehead atoms. The average Bonchev–Trinajstić information content (AvgIpc) is 2.50. The molecule has 2 radical (unpaired) electrons. The Morgan fingerprint density at radius 1 is 1.91 bits per heavy atom. The van der Waals surface area contributed by atoms with Gasteiger partial charge in [-0.3, -0.25) is 0 Å². The zero-order valence-corrected chi connectivity index (χ0v) is 6.03. The van der Waals surface area contributed by atoms with E-state index >= 15 is 0 Å². The average molecular weight is 151 g/mol. The molecule has 0 spiro atoms. The maximum atomic E-state index is 10.8. The van der Waals surface area contributed by atoms with Crippen LogP contribution in [0.2, 0.25) is 0 Å². The molecule has 0 aliphatic heterocycles. The number of hydrogen-bond acceptors (Lipinski definition) is 4. The molecular weight excluding hydrogens is 145 g/mol. The van der Waals surface area contributed by atoms with Gasteiger partial charge >= 0.3 is 5.97 Å². The number of nitrogens with zero attached hydrogens (tertiary/aromatic N) is 1. The van der Waals surface area contributed by atoms with Gasteiger partial charge in [-0.2, -0.15) is 0 Å². The smallest absolute Gasteiger partial charge is 0.360 e. The first kappa shape index (κ1) is 7.85. The Bertz CT molecular complexity index is 258. The maximum absolute atomic E-state index is 10.8. The van der Waals surface area contributed by atoms with Crippen molar-refractivity contribution in [3.63, 3.8) is 0 Å². The van der Waals surface area contributed by atoms with Crippen molar-refractivity contribution >= 4 is 13.8 Å². The van der Waals surface area contributed by atoms with Crippen LogP contribution in [-0.2, 0) is 11.1 Å². The number of esters is 1. The monoisotopic (exact) mass is 151 g/mol. The Morgan fingerprint density at radius 3 is 3.09 bits per heavy atom. The molecule has 0 aliphatic carbocycles. The largest absolute Gasteiger partial charge is 0.464 e. The fourth-order valence-corrected chi connectivity index (χ4v) is 0.610. The third kappa shape index (κ3) is 1.60. The van der Waals surface area contributed by atoms with Crippen molar-refractivity contribution in [2.75, 3.05) is 7.11 Å². The summed E-state index contributed by atoms with van der Waals surface area (Å²) in [5.74, 6) is -0.0566. The number of carbonyl (C=O) groups is 1. The number of ether oxygens (including phenoxy) is 1. The number of hydrogen-bond donors (Lipinski definition) is 0. The van der Waals surface area contributed by atoms with Crippen molar-refractivity contribution in [1.29, 1.82) is 0 Å². The highest BCUT2D eigenvalue weighted by Crippen LogP contribution is 2.03. The number of carbonyl (C=O) groups excluding carboxylic acids is 1. The number of aromatic nitrogens is 1. The molecule has 11 heavy (non-hydrogen) atoms. The van der Waals surface area contributed by atoms with Gasteiger partial charge in [0.2, 0.25) is 0 Å². The quantitative estimate of drug-likeness (QED) is 0.445. The molecule has 0 atom stereocenters. The Balaban J connectivity index is 2.80. The molecule has 1 aromatic heterocycles. The minimum absolute atomic E-state index is 0.146. The molecule has 1 rings (SSSR count). The van der Waals surface area contributed by atoms with Crippen LogP contribution in [0, 0.1) is 0 Å². The Morgan fingerprint density at radius 2 is 2.64 bits per heavy atom. The van der Waals surface area contributed by atoms with E-state index < -0.39 is 5.97 Å². The molecule has 0 saturated carbocycles. The van der Waals surface area contributed by atoms with Gasteiger partial charge in [0.1, 0.15) is 5.76 Å². The Kier molecular flexibility index (Phi) is 2.30. The summed E-state index contributed by atoms with van der Waals surface area (Å²) >= 11 is 0. The molecule has 0 aliphatic rings. The predicted octanol–water partition coefficient (Wildman–Crippen LogP) is 0.130. The first-order valence-corrected chi connectivity index (χ1v) is 3.02. The molecule has 0 amide bonds. The zero-order valence-electron chi connectivity index (χ0n) is 6.03. The first-order valence-electron chi connectivity index (χ1n) is 3.02. The molecule has 0 N–H and O–H groups in total. The highest BCUT2D eigenvalue weighted by molar-refractivity contribution is 6.08. The lowest BCUT2D eigenvalue weighted by molar-refractivity contribution is 0.0589. The summed E-state index contributed by atoms with van der Waals surface area (Å²) in [7, 11) is 6.50. The molecule has 0 saturated heterocycles. The second kappa shape index (κ2) is 3.23. The van der Waals surface area contributed by atoms with Gasteiger partial charge in [-0.25, -0.2) is 4.79 Å². The van der Waals surface area contributed by atoms with E-state index in [0.717, 1.165) is 0 Å². The molecule has 56 valence electrons. The van der Waals surface area contributed by atoms with Crippen molar-refractivity contribution < 1.29 is 14.1 Å². The van der Waals surface area contributed by atoms with Crippen molar-refractivity contribution in [3.8, 4) is 0 Å². The molecule has 1 aromatic rings. The molecule has 1 heterocycles. The van der Waals surface area contributed by atoms with Crippen molar-refractivity contribution in [3.05, 3.63) is 17.5 Å². The summed E-state index contributed by atoms with van der Waals surface area (Å²) < 4.78 is 9.05. The lowest BCUT2D eigenvalue weighted by Gasteiger charge is -1.88. The minimum Gasteiger partial charge on any atom is -0.464 e. The van der Waals surface area contributed by atoms with Gasteiger partial charge < -0.3 is 9.26 Å². The summed E-state index contributed by atoms with van der Waals surface area (Å²) in [6.07, 6.45) is 0.226. The molecule has 5 heteroatoms. The molecular formula is C6H6BNO3. The van der Waals surface area contributed by atoms with E-state index in [2.05, 4.69) is 14.4 Å². The van der Waals surface area contributed by atoms with Gasteiger partial charge in [0, 0.05) is 6.07 Å². The fraction of sp³-hybridized carbons (Fsp3) is 0.333. The summed E-state index contributed by atoms with van der Waals surface area (Å²) in [6, 6.07) is 1.45. The van der Waals surface area contributed by atoms with Crippen molar-refractivity contribution in [2.24, 2.45) is 0 Å². The van der Waals surface area contributed by atoms with Crippen LogP contribution in [-0.4, -0.2) is 26.1 Å². The maximum Gasteiger partial charge on any atom is 0.360 e. The van der Waals surface area contributed by atoms with Gasteiger partial charge in [-0.05, 0) is 6.32 Å². The van der Waals surface area contributed by atoms with E-state index in [1.807, 2.05) is 0 Å². The van der Waals surface area contributed by atoms with E-state index in [1.54, 1.807) is 0 Å². The molecule has 0 aromatic carbocycles. The van der Waals surface area contributed by atoms with Crippen LogP contribution in [0.1, 0.15) is 16.2 Å². The van der Waals surface area contributed by atoms with Crippen LogP contribution in [0.15, 0.2) is 10.6 Å². The van der Waals surface area contributed by atoms with Gasteiger partial charge in [-0.1, -0.05) is 5.16 Å². The Hall–Kier alpha value is -1.26. The predicted molar refractivity (Wildman–Crippen MR) is 37.3 cm³/mol. The van der Waals surface area contributed by atoms with Gasteiger partial charge in [0.25, 0.3) is 0 Å². The number of methoxy groups -OCH3 is 1. The van der Waals surface area contributed by atoms with Crippen LogP contribution in [0.3, 0.4) is 0 Å². The highest BCUT2D eigenvalue weighted by atomic mass is 16.5. The summed E-state index contributed by atoms with van der Waals surface area (Å²) in [5, 5.41) is 3.43. The molecule has 4 nitrogen and oxygen atoms in total. The minimum atomic E-state index is -0.520. The van der Waals surface area contributed by atoms with Crippen LogP contribution in [0.5, 0.6) is 0 Å². The Labute approximate surface area is 64.9 Å². The summed E-state index contributed by atoms with van der Waals surface area (Å²) in [5.41, 5.74) is 0.146. The van der Waals surface area contributed by atoms with Crippen LogP contribution in [0.25, 0.3) is 0 Å². The zero-order chi connectivity index (χ0) is 8.27. The van der Waals surface area contributed by atoms with E-state index in [-0.39, 0.29) is 12.0 Å². The van der Waals surface area contributed by atoms with E-state index in [0.29, 0.717) is 5.76 Å². The lowest BCUT2D eigenvalue weighted by atomic mass is 10.0. The summed E-state index contributed by atoms with van der Waals surface area (Å²) in [4.78, 5) is 10.8. The van der Waals surface area contributed by atoms with E-state index in [4.69, 9.17) is 7.85 Å². The second-order valence-corrected chi connectivity index (χ2v) is 1.87. The third-order valence-corrected chi connectivity index (χ3v) is 1.15. The van der Waals surface area contributed by atoms with E-state index in [9.17, 15) is 4.79 Å². The van der Waals surface area contributed by atoms with Crippen molar-refractivity contribution in [2.45, 2.75) is 6.32 Å². The van der Waals surface area contributed by atoms with Gasteiger partial charge in [0.05, 0.1) is 15.0 Å². The van der Waals surface area contributed by atoms with Gasteiger partial charge in [-0.15, -0.1) is 0 Å². The number of rotatable bonds is 2. The highest BCUT2D eigenvalue weighted by Gasteiger charge is 2.10. The van der Waals surface area contributed by atoms with Crippen LogP contribution in [0.4, 0.5) is 0 Å². The topological polar surface area (TPSA) is 52.3 Å². The standard InChI is InChI=1S/C6H6BNO3/c1-10-6(9)5-2-4(3-7)11-8-5/h2H,3H2,1H3. The summed E-state index contributed by atoms with van der Waals surface area (Å²) in [6.45, 7) is 0. The first-order chi connectivity index (χ1) is 5.27. The van der Waals surface area contributed by atoms with E-state index in [1.165, 1.54) is 13.2 Å². The SMILES string of the molecule is [B]Cc1cc(C(=O)OC)no1. The molecule has 0 fully saturated rings. The fourth-order valence-electron chi connectivity index (χ4n) is 0.610. The van der Waals surface area contributed by atoms with Crippen LogP contribution < -0.4 is 0 Å². The van der Waals surface area contributed by atoms with Crippen molar-refractivity contribution in [1.82, 2.24) is 5.16 Å².